The van der Waals surface area contributed by atoms with E-state index in [9.17, 15) is 5.11 Å². The molecule has 1 aromatic rings. The third kappa shape index (κ3) is 5.03. The number of halogens is 1. The molecule has 2 heterocycles. The number of aliphatic hydroxyl groups is 1. The highest BCUT2D eigenvalue weighted by Crippen LogP contribution is 2.23. The number of benzene rings is 1. The highest BCUT2D eigenvalue weighted by Gasteiger charge is 2.19. The fraction of sp³-hybridized carbons (Fsp3) is 0.556. The highest BCUT2D eigenvalue weighted by molar-refractivity contribution is 6.30. The van der Waals surface area contributed by atoms with Crippen molar-refractivity contribution >= 4 is 17.2 Å². The van der Waals surface area contributed by atoms with Crippen molar-refractivity contribution in [1.29, 1.82) is 0 Å². The molecule has 2 aliphatic heterocycles. The maximum Gasteiger partial charge on any atom is 0.0793 e. The number of morpholine rings is 1. The van der Waals surface area contributed by atoms with Crippen LogP contribution in [0.15, 0.2) is 30.3 Å². The zero-order chi connectivity index (χ0) is 16.1. The topological polar surface area (TPSA) is 35.9 Å². The van der Waals surface area contributed by atoms with Gasteiger partial charge in [-0.25, -0.2) is 0 Å². The third-order valence-corrected chi connectivity index (χ3v) is 4.80. The van der Waals surface area contributed by atoms with Gasteiger partial charge in [-0.2, -0.15) is 0 Å². The minimum absolute atomic E-state index is 0.293. The van der Waals surface area contributed by atoms with Crippen LogP contribution < -0.4 is 0 Å². The summed E-state index contributed by atoms with van der Waals surface area (Å²) in [6.45, 7) is 6.80. The van der Waals surface area contributed by atoms with Gasteiger partial charge in [-0.1, -0.05) is 29.8 Å². The molecular weight excluding hydrogens is 312 g/mol. The van der Waals surface area contributed by atoms with Crippen molar-refractivity contribution in [2.24, 2.45) is 0 Å². The van der Waals surface area contributed by atoms with E-state index in [1.165, 1.54) is 11.1 Å². The molecule has 1 fully saturated rings. The van der Waals surface area contributed by atoms with Crippen LogP contribution >= 0.6 is 11.6 Å². The summed E-state index contributed by atoms with van der Waals surface area (Å²) in [4.78, 5) is 4.61. The Kier molecular flexibility index (Phi) is 6.08. The molecule has 1 aromatic carbocycles. The summed E-state index contributed by atoms with van der Waals surface area (Å²) < 4.78 is 5.34. The molecule has 0 radical (unpaired) electrons. The van der Waals surface area contributed by atoms with E-state index in [-0.39, 0.29) is 6.10 Å². The molecule has 126 valence electrons. The van der Waals surface area contributed by atoms with Crippen molar-refractivity contribution in [3.63, 3.8) is 0 Å². The van der Waals surface area contributed by atoms with Crippen LogP contribution in [0, 0.1) is 0 Å². The van der Waals surface area contributed by atoms with Crippen molar-refractivity contribution < 1.29 is 9.84 Å². The zero-order valence-electron chi connectivity index (χ0n) is 13.5. The van der Waals surface area contributed by atoms with Gasteiger partial charge in [0.25, 0.3) is 0 Å². The Labute approximate surface area is 143 Å². The second-order valence-electron chi connectivity index (χ2n) is 6.31. The monoisotopic (exact) mass is 336 g/mol. The molecule has 4 nitrogen and oxygen atoms in total. The van der Waals surface area contributed by atoms with E-state index in [2.05, 4.69) is 28.0 Å². The summed E-state index contributed by atoms with van der Waals surface area (Å²) in [5.41, 5.74) is 2.63. The second kappa shape index (κ2) is 8.27. The van der Waals surface area contributed by atoms with E-state index in [0.29, 0.717) is 0 Å². The van der Waals surface area contributed by atoms with Crippen molar-refractivity contribution in [2.75, 3.05) is 52.5 Å². The summed E-state index contributed by atoms with van der Waals surface area (Å²) in [5, 5.41) is 11.1. The summed E-state index contributed by atoms with van der Waals surface area (Å²) in [6.07, 6.45) is 3.00. The minimum Gasteiger partial charge on any atom is -0.390 e. The normalized spacial score (nSPS) is 21.9. The summed E-state index contributed by atoms with van der Waals surface area (Å²) in [5.74, 6) is 0. The largest absolute Gasteiger partial charge is 0.390 e. The first-order valence-electron chi connectivity index (χ1n) is 8.36. The van der Waals surface area contributed by atoms with Gasteiger partial charge in [0.05, 0.1) is 19.3 Å². The molecule has 2 aliphatic rings. The molecule has 23 heavy (non-hydrogen) atoms. The second-order valence-corrected chi connectivity index (χ2v) is 6.75. The Morgan fingerprint density at radius 3 is 2.39 bits per heavy atom. The van der Waals surface area contributed by atoms with Gasteiger partial charge < -0.3 is 9.84 Å². The lowest BCUT2D eigenvalue weighted by atomic mass is 9.99. The lowest BCUT2D eigenvalue weighted by Crippen LogP contribution is -2.45. The third-order valence-electron chi connectivity index (χ3n) is 4.55. The lowest BCUT2D eigenvalue weighted by molar-refractivity contribution is 0.00768. The molecule has 0 amide bonds. The molecule has 1 N–H and O–H groups in total. The molecule has 0 spiro atoms. The molecule has 0 aliphatic carbocycles. The Morgan fingerprint density at radius 1 is 1.04 bits per heavy atom. The molecular formula is C18H25ClN2O2. The van der Waals surface area contributed by atoms with Crippen LogP contribution in [0.4, 0.5) is 0 Å². The average molecular weight is 337 g/mol. The van der Waals surface area contributed by atoms with Crippen molar-refractivity contribution in [3.05, 3.63) is 40.9 Å². The van der Waals surface area contributed by atoms with Gasteiger partial charge in [-0.15, -0.1) is 0 Å². The first kappa shape index (κ1) is 16.9. The fourth-order valence-corrected chi connectivity index (χ4v) is 3.37. The van der Waals surface area contributed by atoms with Crippen molar-refractivity contribution in [1.82, 2.24) is 9.80 Å². The predicted molar refractivity (Wildman–Crippen MR) is 93.8 cm³/mol. The first-order chi connectivity index (χ1) is 11.2. The standard InChI is InChI=1S/C18H25ClN2O2/c19-17-3-1-15(2-4-17)16-5-7-20(8-6-16)13-18(22)14-21-9-11-23-12-10-21/h1-5,18,22H,6-14H2/t18-/m1/s1. The summed E-state index contributed by atoms with van der Waals surface area (Å²) in [7, 11) is 0. The molecule has 0 aromatic heterocycles. The van der Waals surface area contributed by atoms with Gasteiger partial charge in [-0.05, 0) is 29.7 Å². The van der Waals surface area contributed by atoms with Crippen molar-refractivity contribution in [3.8, 4) is 0 Å². The molecule has 0 unspecified atom stereocenters. The van der Waals surface area contributed by atoms with Gasteiger partial charge in [0.2, 0.25) is 0 Å². The Hall–Kier alpha value is -0.910. The van der Waals surface area contributed by atoms with Gasteiger partial charge in [0.1, 0.15) is 0 Å². The van der Waals surface area contributed by atoms with E-state index in [1.54, 1.807) is 0 Å². The smallest absolute Gasteiger partial charge is 0.0793 e. The molecule has 5 heteroatoms. The fourth-order valence-electron chi connectivity index (χ4n) is 3.24. The minimum atomic E-state index is -0.293. The molecule has 0 bridgehead atoms. The number of β-amino-alcohol motifs (C(OH)–C–C–N with tert-alkyl or cyclic N) is 1. The van der Waals surface area contributed by atoms with Crippen molar-refractivity contribution in [2.45, 2.75) is 12.5 Å². The van der Waals surface area contributed by atoms with Crippen LogP contribution in [0.3, 0.4) is 0 Å². The van der Waals surface area contributed by atoms with Gasteiger partial charge in [-0.3, -0.25) is 9.80 Å². The van der Waals surface area contributed by atoms with Crippen LogP contribution in [0.25, 0.3) is 5.57 Å². The number of aliphatic hydroxyl groups excluding tert-OH is 1. The molecule has 1 atom stereocenters. The summed E-state index contributed by atoms with van der Waals surface area (Å²) in [6, 6.07) is 8.04. The van der Waals surface area contributed by atoms with Gasteiger partial charge >= 0.3 is 0 Å². The van der Waals surface area contributed by atoms with Crippen LogP contribution in [0.5, 0.6) is 0 Å². The quantitative estimate of drug-likeness (QED) is 0.893. The van der Waals surface area contributed by atoms with Crippen LogP contribution in [-0.2, 0) is 4.74 Å². The lowest BCUT2D eigenvalue weighted by Gasteiger charge is -2.32. The number of nitrogens with zero attached hydrogens (tertiary/aromatic N) is 2. The Morgan fingerprint density at radius 2 is 1.74 bits per heavy atom. The van der Waals surface area contributed by atoms with Crippen LogP contribution in [0.1, 0.15) is 12.0 Å². The SMILES string of the molecule is O[C@H](CN1CC=C(c2ccc(Cl)cc2)CC1)CN1CCOCC1. The first-order valence-corrected chi connectivity index (χ1v) is 8.74. The molecule has 3 rings (SSSR count). The number of ether oxygens (including phenoxy) is 1. The zero-order valence-corrected chi connectivity index (χ0v) is 14.2. The molecule has 0 saturated carbocycles. The highest BCUT2D eigenvalue weighted by atomic mass is 35.5. The summed E-state index contributed by atoms with van der Waals surface area (Å²) >= 11 is 5.94. The van der Waals surface area contributed by atoms with E-state index in [4.69, 9.17) is 16.3 Å². The van der Waals surface area contributed by atoms with Gasteiger partial charge in [0, 0.05) is 44.3 Å². The van der Waals surface area contributed by atoms with E-state index >= 15 is 0 Å². The average Bonchev–Trinajstić information content (AvgIpc) is 2.57. The predicted octanol–water partition coefficient (Wildman–Crippen LogP) is 2.12. The molecule has 1 saturated heterocycles. The van der Waals surface area contributed by atoms with Gasteiger partial charge in [0.15, 0.2) is 0 Å². The van der Waals surface area contributed by atoms with E-state index < -0.39 is 0 Å². The number of hydrogen-bond donors (Lipinski definition) is 1. The van der Waals surface area contributed by atoms with E-state index in [1.807, 2.05) is 12.1 Å². The maximum absolute atomic E-state index is 10.3. The number of rotatable bonds is 5. The Bertz CT molecular complexity index is 526. The van der Waals surface area contributed by atoms with Crippen LogP contribution in [0.2, 0.25) is 5.02 Å². The van der Waals surface area contributed by atoms with Crippen LogP contribution in [-0.4, -0.2) is 73.5 Å². The Balaban J connectivity index is 1.47. The number of hydrogen-bond acceptors (Lipinski definition) is 4. The maximum atomic E-state index is 10.3. The van der Waals surface area contributed by atoms with E-state index in [0.717, 1.165) is 63.9 Å².